The molecule has 0 aromatic heterocycles. The molecular weight excluding hydrogens is 370 g/mol. The summed E-state index contributed by atoms with van der Waals surface area (Å²) in [6, 6.07) is 15.4. The third-order valence-corrected chi connectivity index (χ3v) is 5.23. The highest BCUT2D eigenvalue weighted by molar-refractivity contribution is 7.98. The largest absolute Gasteiger partial charge is 0.339 e. The molecule has 1 N–H and O–H groups in total. The molecule has 2 rings (SSSR count). The van der Waals surface area contributed by atoms with E-state index in [9.17, 15) is 9.59 Å². The van der Waals surface area contributed by atoms with Crippen LogP contribution < -0.4 is 5.32 Å². The van der Waals surface area contributed by atoms with E-state index < -0.39 is 0 Å². The minimum absolute atomic E-state index is 0.00935. The number of thioether (sulfide) groups is 1. The summed E-state index contributed by atoms with van der Waals surface area (Å²) in [7, 11) is 1.92. The highest BCUT2D eigenvalue weighted by atomic mass is 32.2. The fourth-order valence-electron chi connectivity index (χ4n) is 2.93. The van der Waals surface area contributed by atoms with Gasteiger partial charge in [0.25, 0.3) is 5.91 Å². The summed E-state index contributed by atoms with van der Waals surface area (Å²) < 4.78 is 0. The molecule has 5 nitrogen and oxygen atoms in total. The van der Waals surface area contributed by atoms with Crippen molar-refractivity contribution in [2.24, 2.45) is 0 Å². The maximum absolute atomic E-state index is 12.3. The second-order valence-corrected chi connectivity index (χ2v) is 7.50. The van der Waals surface area contributed by atoms with E-state index in [0.29, 0.717) is 37.4 Å². The average molecular weight is 400 g/mol. The number of amides is 2. The SMILES string of the molecule is CCN(CC)C(=O)c1ccc(NC(=O)CN(C)Cc2ccc(SC)cc2)cc1. The number of likely N-dealkylation sites (N-methyl/N-ethyl adjacent to an activating group) is 1. The number of hydrogen-bond acceptors (Lipinski definition) is 4. The number of carbonyl (C=O) groups is 2. The van der Waals surface area contributed by atoms with Gasteiger partial charge in [0.15, 0.2) is 0 Å². The second kappa shape index (κ2) is 10.9. The van der Waals surface area contributed by atoms with Crippen LogP contribution in [0.15, 0.2) is 53.4 Å². The van der Waals surface area contributed by atoms with Crippen LogP contribution in [-0.2, 0) is 11.3 Å². The summed E-state index contributed by atoms with van der Waals surface area (Å²) in [5.41, 5.74) is 2.50. The third-order valence-electron chi connectivity index (χ3n) is 4.49. The molecule has 150 valence electrons. The van der Waals surface area contributed by atoms with Gasteiger partial charge in [-0.1, -0.05) is 12.1 Å². The lowest BCUT2D eigenvalue weighted by Crippen LogP contribution is -2.30. The van der Waals surface area contributed by atoms with Crippen LogP contribution in [0.2, 0.25) is 0 Å². The van der Waals surface area contributed by atoms with Gasteiger partial charge >= 0.3 is 0 Å². The molecule has 0 aliphatic carbocycles. The summed E-state index contributed by atoms with van der Waals surface area (Å²) in [5.74, 6) is -0.0684. The zero-order chi connectivity index (χ0) is 20.5. The van der Waals surface area contributed by atoms with Gasteiger partial charge in [0.05, 0.1) is 6.54 Å². The summed E-state index contributed by atoms with van der Waals surface area (Å²) in [6.07, 6.45) is 2.05. The fourth-order valence-corrected chi connectivity index (χ4v) is 3.34. The van der Waals surface area contributed by atoms with Crippen LogP contribution in [0.4, 0.5) is 5.69 Å². The predicted octanol–water partition coefficient (Wildman–Crippen LogP) is 3.96. The Kier molecular flexibility index (Phi) is 8.54. The van der Waals surface area contributed by atoms with E-state index in [1.807, 2.05) is 25.8 Å². The highest BCUT2D eigenvalue weighted by Crippen LogP contribution is 2.16. The van der Waals surface area contributed by atoms with E-state index in [0.717, 1.165) is 0 Å². The monoisotopic (exact) mass is 399 g/mol. The Labute approximate surface area is 172 Å². The first-order valence-corrected chi connectivity index (χ1v) is 10.7. The first-order valence-electron chi connectivity index (χ1n) is 9.47. The molecule has 2 aromatic rings. The van der Waals surface area contributed by atoms with Crippen LogP contribution in [0.3, 0.4) is 0 Å². The molecule has 0 aliphatic heterocycles. The maximum atomic E-state index is 12.3. The van der Waals surface area contributed by atoms with Crippen molar-refractivity contribution < 1.29 is 9.59 Å². The molecule has 2 aromatic carbocycles. The Morgan fingerprint density at radius 2 is 1.57 bits per heavy atom. The lowest BCUT2D eigenvalue weighted by molar-refractivity contribution is -0.117. The summed E-state index contributed by atoms with van der Waals surface area (Å²) in [5, 5.41) is 2.89. The highest BCUT2D eigenvalue weighted by Gasteiger charge is 2.13. The van der Waals surface area contributed by atoms with Crippen molar-refractivity contribution in [2.45, 2.75) is 25.3 Å². The molecule has 0 spiro atoms. The maximum Gasteiger partial charge on any atom is 0.253 e. The standard InChI is InChI=1S/C22H29N3O2S/c1-5-25(6-2)22(27)18-9-11-19(12-10-18)23-21(26)16-24(3)15-17-7-13-20(28-4)14-8-17/h7-14H,5-6,15-16H2,1-4H3,(H,23,26). The molecule has 28 heavy (non-hydrogen) atoms. The predicted molar refractivity (Wildman–Crippen MR) is 117 cm³/mol. The van der Waals surface area contributed by atoms with Gasteiger partial charge in [-0.15, -0.1) is 11.8 Å². The Bertz CT molecular complexity index is 771. The summed E-state index contributed by atoms with van der Waals surface area (Å²) in [6.45, 7) is 6.29. The van der Waals surface area contributed by atoms with E-state index in [-0.39, 0.29) is 11.8 Å². The minimum Gasteiger partial charge on any atom is -0.339 e. The van der Waals surface area contributed by atoms with Gasteiger partial charge in [0, 0.05) is 35.8 Å². The molecule has 0 radical (unpaired) electrons. The number of benzene rings is 2. The van der Waals surface area contributed by atoms with Gasteiger partial charge in [0.2, 0.25) is 5.91 Å². The molecule has 0 heterocycles. The molecule has 0 fully saturated rings. The van der Waals surface area contributed by atoms with E-state index in [4.69, 9.17) is 0 Å². The lowest BCUT2D eigenvalue weighted by atomic mass is 10.1. The van der Waals surface area contributed by atoms with Gasteiger partial charge in [-0.2, -0.15) is 0 Å². The number of anilines is 1. The molecule has 0 saturated carbocycles. The van der Waals surface area contributed by atoms with Crippen molar-refractivity contribution in [3.8, 4) is 0 Å². The van der Waals surface area contributed by atoms with Crippen LogP contribution in [0.25, 0.3) is 0 Å². The Balaban J connectivity index is 1.87. The minimum atomic E-state index is -0.0777. The third kappa shape index (κ3) is 6.39. The fraction of sp³-hybridized carbons (Fsp3) is 0.364. The number of nitrogens with one attached hydrogen (secondary N) is 1. The van der Waals surface area contributed by atoms with Crippen LogP contribution in [0.5, 0.6) is 0 Å². The lowest BCUT2D eigenvalue weighted by Gasteiger charge is -2.19. The van der Waals surface area contributed by atoms with Gasteiger partial charge in [0.1, 0.15) is 0 Å². The number of carbonyl (C=O) groups excluding carboxylic acids is 2. The molecule has 6 heteroatoms. The van der Waals surface area contributed by atoms with Crippen molar-refractivity contribution in [1.82, 2.24) is 9.80 Å². The van der Waals surface area contributed by atoms with Crippen molar-refractivity contribution in [1.29, 1.82) is 0 Å². The smallest absolute Gasteiger partial charge is 0.253 e. The molecular formula is C22H29N3O2S. The van der Waals surface area contributed by atoms with Crippen LogP contribution >= 0.6 is 11.8 Å². The van der Waals surface area contributed by atoms with Crippen LogP contribution in [-0.4, -0.2) is 54.6 Å². The number of rotatable bonds is 9. The number of hydrogen-bond donors (Lipinski definition) is 1. The van der Waals surface area contributed by atoms with E-state index in [2.05, 4.69) is 35.8 Å². The zero-order valence-electron chi connectivity index (χ0n) is 17.1. The molecule has 2 amide bonds. The molecule has 0 aliphatic rings. The van der Waals surface area contributed by atoms with Crippen molar-refractivity contribution in [3.05, 3.63) is 59.7 Å². The Morgan fingerprint density at radius 3 is 2.11 bits per heavy atom. The number of nitrogens with zero attached hydrogens (tertiary/aromatic N) is 2. The molecule has 0 unspecified atom stereocenters. The normalized spacial score (nSPS) is 10.8. The quantitative estimate of drug-likeness (QED) is 0.649. The van der Waals surface area contributed by atoms with Gasteiger partial charge < -0.3 is 10.2 Å². The summed E-state index contributed by atoms with van der Waals surface area (Å²) >= 11 is 1.71. The van der Waals surface area contributed by atoms with E-state index >= 15 is 0 Å². The van der Waals surface area contributed by atoms with Gasteiger partial charge in [-0.3, -0.25) is 14.5 Å². The second-order valence-electron chi connectivity index (χ2n) is 6.62. The van der Waals surface area contributed by atoms with Crippen molar-refractivity contribution in [3.63, 3.8) is 0 Å². The zero-order valence-corrected chi connectivity index (χ0v) is 17.9. The topological polar surface area (TPSA) is 52.7 Å². The molecule has 0 atom stereocenters. The van der Waals surface area contributed by atoms with Gasteiger partial charge in [-0.25, -0.2) is 0 Å². The molecule has 0 saturated heterocycles. The van der Waals surface area contributed by atoms with Crippen LogP contribution in [0, 0.1) is 0 Å². The first kappa shape index (κ1) is 22.0. The van der Waals surface area contributed by atoms with E-state index in [1.54, 1.807) is 40.9 Å². The Hall–Kier alpha value is -2.31. The van der Waals surface area contributed by atoms with Crippen LogP contribution in [0.1, 0.15) is 29.8 Å². The van der Waals surface area contributed by atoms with E-state index in [1.165, 1.54) is 10.5 Å². The summed E-state index contributed by atoms with van der Waals surface area (Å²) in [4.78, 5) is 29.6. The van der Waals surface area contributed by atoms with Gasteiger partial charge in [-0.05, 0) is 69.1 Å². The molecule has 0 bridgehead atoms. The first-order chi connectivity index (χ1) is 13.5. The Morgan fingerprint density at radius 1 is 0.964 bits per heavy atom. The van der Waals surface area contributed by atoms with Crippen molar-refractivity contribution in [2.75, 3.05) is 38.3 Å². The van der Waals surface area contributed by atoms with Crippen molar-refractivity contribution >= 4 is 29.3 Å². The average Bonchev–Trinajstić information content (AvgIpc) is 2.69.